The van der Waals surface area contributed by atoms with E-state index in [9.17, 15) is 9.90 Å². The van der Waals surface area contributed by atoms with E-state index in [-0.39, 0.29) is 6.04 Å². The highest BCUT2D eigenvalue weighted by atomic mass is 16.4. The zero-order chi connectivity index (χ0) is 14.1. The molecule has 114 valence electrons. The van der Waals surface area contributed by atoms with E-state index in [1.165, 1.54) is 57.8 Å². The van der Waals surface area contributed by atoms with Crippen LogP contribution >= 0.6 is 0 Å². The summed E-state index contributed by atoms with van der Waals surface area (Å²) in [5.41, 5.74) is 0. The number of hydrogen-bond donors (Lipinski definition) is 1. The maximum Gasteiger partial charge on any atom is 0.320 e. The van der Waals surface area contributed by atoms with Crippen LogP contribution in [0.5, 0.6) is 0 Å². The Balaban J connectivity index is 1.77. The van der Waals surface area contributed by atoms with E-state index >= 15 is 0 Å². The van der Waals surface area contributed by atoms with Gasteiger partial charge >= 0.3 is 5.97 Å². The van der Waals surface area contributed by atoms with Gasteiger partial charge in [-0.05, 0) is 50.4 Å². The molecule has 1 saturated heterocycles. The third-order valence-electron chi connectivity index (χ3n) is 6.07. The average molecular weight is 279 g/mol. The summed E-state index contributed by atoms with van der Waals surface area (Å²) in [6, 6.07) is 0.916. The summed E-state index contributed by atoms with van der Waals surface area (Å²) in [4.78, 5) is 14.2. The van der Waals surface area contributed by atoms with Gasteiger partial charge in [0.25, 0.3) is 0 Å². The van der Waals surface area contributed by atoms with Crippen LogP contribution in [0.15, 0.2) is 0 Å². The predicted octanol–water partition coefficient (Wildman–Crippen LogP) is 3.67. The van der Waals surface area contributed by atoms with Crippen molar-refractivity contribution < 1.29 is 9.90 Å². The molecule has 5 atom stereocenters. The number of carboxylic acid groups (broad SMARTS) is 1. The van der Waals surface area contributed by atoms with Gasteiger partial charge in [0.05, 0.1) is 0 Å². The Hall–Kier alpha value is -0.570. The summed E-state index contributed by atoms with van der Waals surface area (Å²) in [6.07, 6.45) is 12.3. The van der Waals surface area contributed by atoms with E-state index in [1.807, 2.05) is 0 Å². The molecule has 1 N–H and O–H groups in total. The molecule has 5 unspecified atom stereocenters. The third kappa shape index (κ3) is 2.74. The smallest absolute Gasteiger partial charge is 0.320 e. The Labute approximate surface area is 122 Å². The summed E-state index contributed by atoms with van der Waals surface area (Å²) < 4.78 is 0. The lowest BCUT2D eigenvalue weighted by Crippen LogP contribution is -2.48. The molecule has 3 rings (SSSR count). The molecular formula is C17H29NO2. The Morgan fingerprint density at radius 3 is 2.60 bits per heavy atom. The molecule has 0 aromatic rings. The predicted molar refractivity (Wildman–Crippen MR) is 79.7 cm³/mol. The molecule has 20 heavy (non-hydrogen) atoms. The molecule has 1 aliphatic heterocycles. The van der Waals surface area contributed by atoms with Crippen LogP contribution in [0.4, 0.5) is 0 Å². The summed E-state index contributed by atoms with van der Waals surface area (Å²) in [5, 5.41) is 9.64. The van der Waals surface area contributed by atoms with Gasteiger partial charge in [-0.2, -0.15) is 0 Å². The molecule has 0 amide bonds. The Bertz CT molecular complexity index is 357. The van der Waals surface area contributed by atoms with Crippen LogP contribution < -0.4 is 0 Å². The lowest BCUT2D eigenvalue weighted by Gasteiger charge is -2.38. The third-order valence-corrected chi connectivity index (χ3v) is 6.07. The van der Waals surface area contributed by atoms with Crippen LogP contribution in [-0.4, -0.2) is 34.1 Å². The van der Waals surface area contributed by atoms with Crippen molar-refractivity contribution in [2.75, 3.05) is 0 Å². The normalized spacial score (nSPS) is 43.0. The highest BCUT2D eigenvalue weighted by Gasteiger charge is 2.47. The second-order valence-corrected chi connectivity index (χ2v) is 7.42. The van der Waals surface area contributed by atoms with Crippen molar-refractivity contribution >= 4 is 5.97 Å². The van der Waals surface area contributed by atoms with E-state index in [0.717, 1.165) is 12.3 Å². The number of likely N-dealkylation sites (tertiary alicyclic amines) is 1. The van der Waals surface area contributed by atoms with Crippen LogP contribution in [0.2, 0.25) is 0 Å². The molecule has 3 aliphatic rings. The zero-order valence-electron chi connectivity index (χ0n) is 12.8. The first-order chi connectivity index (χ1) is 9.66. The summed E-state index contributed by atoms with van der Waals surface area (Å²) in [7, 11) is 0. The molecule has 2 saturated carbocycles. The maximum atomic E-state index is 11.7. The van der Waals surface area contributed by atoms with Crippen molar-refractivity contribution in [1.82, 2.24) is 4.90 Å². The minimum Gasteiger partial charge on any atom is -0.480 e. The molecule has 0 aromatic carbocycles. The van der Waals surface area contributed by atoms with E-state index in [4.69, 9.17) is 0 Å². The number of nitrogens with zero attached hydrogens (tertiary/aromatic N) is 1. The highest BCUT2D eigenvalue weighted by molar-refractivity contribution is 5.74. The van der Waals surface area contributed by atoms with Crippen LogP contribution in [0.3, 0.4) is 0 Å². The molecule has 3 nitrogen and oxygen atoms in total. The molecule has 0 aromatic heterocycles. The number of fused-ring (bicyclic) bond motifs is 1. The van der Waals surface area contributed by atoms with Gasteiger partial charge in [-0.25, -0.2) is 0 Å². The van der Waals surface area contributed by atoms with Gasteiger partial charge in [-0.1, -0.05) is 32.6 Å². The van der Waals surface area contributed by atoms with Gasteiger partial charge in [0.1, 0.15) is 6.04 Å². The Morgan fingerprint density at radius 1 is 1.00 bits per heavy atom. The molecular weight excluding hydrogens is 250 g/mol. The monoisotopic (exact) mass is 279 g/mol. The molecule has 3 heteroatoms. The van der Waals surface area contributed by atoms with Crippen LogP contribution in [-0.2, 0) is 4.79 Å². The zero-order valence-corrected chi connectivity index (χ0v) is 12.8. The summed E-state index contributed by atoms with van der Waals surface area (Å²) in [5.74, 6) is 0.912. The maximum absolute atomic E-state index is 11.7. The molecule has 0 bridgehead atoms. The van der Waals surface area contributed by atoms with E-state index in [0.29, 0.717) is 18.0 Å². The standard InChI is InChI=1S/C17H29NO2/c1-12-5-4-7-14(10-9-12)18-15-8-3-2-6-13(15)11-16(18)17(19)20/h12-16H,2-11H2,1H3,(H,19,20). The molecule has 1 heterocycles. The van der Waals surface area contributed by atoms with Crippen LogP contribution in [0.1, 0.15) is 71.1 Å². The Morgan fingerprint density at radius 2 is 1.80 bits per heavy atom. The second kappa shape index (κ2) is 6.05. The molecule has 3 fully saturated rings. The molecule has 0 spiro atoms. The molecule has 2 aliphatic carbocycles. The fourth-order valence-corrected chi connectivity index (χ4v) is 5.01. The van der Waals surface area contributed by atoms with E-state index < -0.39 is 5.97 Å². The van der Waals surface area contributed by atoms with Gasteiger partial charge in [-0.15, -0.1) is 0 Å². The van der Waals surface area contributed by atoms with Crippen molar-refractivity contribution in [1.29, 1.82) is 0 Å². The number of aliphatic carboxylic acids is 1. The fraction of sp³-hybridized carbons (Fsp3) is 0.941. The SMILES string of the molecule is CC1CCCC(N2C(C(=O)O)CC3CCCCC32)CC1. The van der Waals surface area contributed by atoms with E-state index in [2.05, 4.69) is 11.8 Å². The average Bonchev–Trinajstić information content (AvgIpc) is 2.70. The van der Waals surface area contributed by atoms with Gasteiger partial charge < -0.3 is 5.11 Å². The van der Waals surface area contributed by atoms with Crippen molar-refractivity contribution in [2.45, 2.75) is 89.3 Å². The lowest BCUT2D eigenvalue weighted by atomic mass is 9.84. The first-order valence-electron chi connectivity index (χ1n) is 8.67. The number of carboxylic acids is 1. The quantitative estimate of drug-likeness (QED) is 0.784. The Kier molecular flexibility index (Phi) is 4.34. The van der Waals surface area contributed by atoms with Crippen LogP contribution in [0.25, 0.3) is 0 Å². The van der Waals surface area contributed by atoms with Gasteiger partial charge in [-0.3, -0.25) is 9.69 Å². The van der Waals surface area contributed by atoms with Gasteiger partial charge in [0.15, 0.2) is 0 Å². The largest absolute Gasteiger partial charge is 0.480 e. The summed E-state index contributed by atoms with van der Waals surface area (Å²) >= 11 is 0. The number of hydrogen-bond acceptors (Lipinski definition) is 2. The molecule has 0 radical (unpaired) electrons. The van der Waals surface area contributed by atoms with Crippen LogP contribution in [0, 0.1) is 11.8 Å². The first kappa shape index (κ1) is 14.4. The van der Waals surface area contributed by atoms with E-state index in [1.54, 1.807) is 0 Å². The van der Waals surface area contributed by atoms with Crippen molar-refractivity contribution in [3.8, 4) is 0 Å². The van der Waals surface area contributed by atoms with Crippen molar-refractivity contribution in [3.63, 3.8) is 0 Å². The van der Waals surface area contributed by atoms with Crippen molar-refractivity contribution in [2.24, 2.45) is 11.8 Å². The minimum atomic E-state index is -0.573. The van der Waals surface area contributed by atoms with Crippen molar-refractivity contribution in [3.05, 3.63) is 0 Å². The highest BCUT2D eigenvalue weighted by Crippen LogP contribution is 2.43. The van der Waals surface area contributed by atoms with Gasteiger partial charge in [0, 0.05) is 12.1 Å². The summed E-state index contributed by atoms with van der Waals surface area (Å²) in [6.45, 7) is 2.35. The first-order valence-corrected chi connectivity index (χ1v) is 8.67. The number of carbonyl (C=O) groups is 1. The number of rotatable bonds is 2. The lowest BCUT2D eigenvalue weighted by molar-refractivity contribution is -0.143. The topological polar surface area (TPSA) is 40.5 Å². The minimum absolute atomic E-state index is 0.193. The second-order valence-electron chi connectivity index (χ2n) is 7.42. The fourth-order valence-electron chi connectivity index (χ4n) is 5.01. The van der Waals surface area contributed by atoms with Gasteiger partial charge in [0.2, 0.25) is 0 Å².